The van der Waals surface area contributed by atoms with E-state index in [-0.39, 0.29) is 12.4 Å². The lowest BCUT2D eigenvalue weighted by molar-refractivity contribution is -0.123. The fourth-order valence-corrected chi connectivity index (χ4v) is 2.42. The number of benzene rings is 2. The lowest BCUT2D eigenvalue weighted by Crippen LogP contribution is -2.29. The molecule has 29 heavy (non-hydrogen) atoms. The maximum absolute atomic E-state index is 12.2. The Morgan fingerprint density at radius 1 is 1.10 bits per heavy atom. The summed E-state index contributed by atoms with van der Waals surface area (Å²) in [6.45, 7) is 1.60. The highest BCUT2D eigenvalue weighted by Crippen LogP contribution is 2.16. The summed E-state index contributed by atoms with van der Waals surface area (Å²) in [6.07, 6.45) is -1.05. The van der Waals surface area contributed by atoms with Crippen LogP contribution in [-0.2, 0) is 16.1 Å². The maximum atomic E-state index is 12.2. The predicted molar refractivity (Wildman–Crippen MR) is 104 cm³/mol. The van der Waals surface area contributed by atoms with Crippen LogP contribution in [0.15, 0.2) is 71.1 Å². The second kappa shape index (κ2) is 9.24. The first kappa shape index (κ1) is 19.7. The van der Waals surface area contributed by atoms with Crippen LogP contribution in [0.2, 0.25) is 0 Å². The van der Waals surface area contributed by atoms with Gasteiger partial charge in [-0.25, -0.2) is 4.79 Å². The topological polar surface area (TPSA) is 102 Å². The van der Waals surface area contributed by atoms with E-state index in [1.807, 2.05) is 36.4 Å². The third kappa shape index (κ3) is 5.47. The number of nitrogens with zero attached hydrogens (tertiary/aromatic N) is 1. The van der Waals surface area contributed by atoms with E-state index in [2.05, 4.69) is 5.32 Å². The van der Waals surface area contributed by atoms with E-state index in [4.69, 9.17) is 19.2 Å². The van der Waals surface area contributed by atoms with Crippen LogP contribution in [0.5, 0.6) is 5.75 Å². The zero-order valence-corrected chi connectivity index (χ0v) is 15.6. The summed E-state index contributed by atoms with van der Waals surface area (Å²) in [5, 5.41) is 11.5. The van der Waals surface area contributed by atoms with Gasteiger partial charge in [0.15, 0.2) is 6.10 Å². The molecule has 0 unspecified atom stereocenters. The van der Waals surface area contributed by atoms with E-state index in [1.54, 1.807) is 24.3 Å². The number of nitriles is 1. The van der Waals surface area contributed by atoms with Gasteiger partial charge in [-0.05, 0) is 49.4 Å². The number of carbonyl (C=O) groups excluding carboxylic acids is 2. The zero-order chi connectivity index (χ0) is 20.6. The van der Waals surface area contributed by atoms with Gasteiger partial charge in [0.1, 0.15) is 18.1 Å². The second-order valence-electron chi connectivity index (χ2n) is 6.10. The Balaban J connectivity index is 1.53. The smallest absolute Gasteiger partial charge is 0.375 e. The Hall–Kier alpha value is -4.05. The van der Waals surface area contributed by atoms with E-state index in [0.717, 1.165) is 0 Å². The lowest BCUT2D eigenvalue weighted by atomic mass is 10.2. The number of ether oxygens (including phenoxy) is 2. The largest absolute Gasteiger partial charge is 0.486 e. The number of rotatable bonds is 7. The first-order valence-electron chi connectivity index (χ1n) is 8.84. The molecule has 146 valence electrons. The standard InChI is InChI=1S/C22H18N2O5/c1-15(21(25)24-17-7-5-6-16(12-17)13-23)28-22(26)20-11-10-19(29-20)14-27-18-8-3-2-4-9-18/h2-12,15H,14H2,1H3,(H,24,25)/t15-/m1/s1. The molecule has 1 amide bonds. The molecular weight excluding hydrogens is 372 g/mol. The SMILES string of the molecule is C[C@@H](OC(=O)c1ccc(COc2ccccc2)o1)C(=O)Nc1cccc(C#N)c1. The minimum absolute atomic E-state index is 0.0252. The summed E-state index contributed by atoms with van der Waals surface area (Å²) in [4.78, 5) is 24.4. The van der Waals surface area contributed by atoms with Crippen LogP contribution in [-0.4, -0.2) is 18.0 Å². The van der Waals surface area contributed by atoms with Crippen LogP contribution >= 0.6 is 0 Å². The third-order valence-corrected chi connectivity index (χ3v) is 3.90. The highest BCUT2D eigenvalue weighted by Gasteiger charge is 2.21. The van der Waals surface area contributed by atoms with Crippen LogP contribution in [0.4, 0.5) is 5.69 Å². The van der Waals surface area contributed by atoms with Gasteiger partial charge in [0.05, 0.1) is 11.6 Å². The molecule has 0 aliphatic heterocycles. The van der Waals surface area contributed by atoms with Gasteiger partial charge in [0.25, 0.3) is 5.91 Å². The third-order valence-electron chi connectivity index (χ3n) is 3.90. The van der Waals surface area contributed by atoms with Crippen molar-refractivity contribution in [1.29, 1.82) is 5.26 Å². The van der Waals surface area contributed by atoms with Crippen LogP contribution < -0.4 is 10.1 Å². The molecule has 2 aromatic carbocycles. The van der Waals surface area contributed by atoms with Crippen molar-refractivity contribution in [3.8, 4) is 11.8 Å². The van der Waals surface area contributed by atoms with Gasteiger partial charge in [0.2, 0.25) is 5.76 Å². The Morgan fingerprint density at radius 2 is 1.90 bits per heavy atom. The zero-order valence-electron chi connectivity index (χ0n) is 15.6. The molecule has 0 bridgehead atoms. The fourth-order valence-electron chi connectivity index (χ4n) is 2.42. The molecule has 1 atom stereocenters. The molecule has 0 aliphatic rings. The van der Waals surface area contributed by atoms with Crippen molar-refractivity contribution in [1.82, 2.24) is 0 Å². The van der Waals surface area contributed by atoms with Crippen molar-refractivity contribution in [2.75, 3.05) is 5.32 Å². The molecule has 3 aromatic rings. The van der Waals surface area contributed by atoms with Gasteiger partial charge in [-0.2, -0.15) is 5.26 Å². The average Bonchev–Trinajstić information content (AvgIpc) is 3.22. The van der Waals surface area contributed by atoms with Crippen molar-refractivity contribution < 1.29 is 23.5 Å². The molecular formula is C22H18N2O5. The predicted octanol–water partition coefficient (Wildman–Crippen LogP) is 3.91. The van der Waals surface area contributed by atoms with Gasteiger partial charge in [-0.15, -0.1) is 0 Å². The summed E-state index contributed by atoms with van der Waals surface area (Å²) in [6, 6.07) is 20.7. The van der Waals surface area contributed by atoms with E-state index in [9.17, 15) is 9.59 Å². The number of carbonyl (C=O) groups is 2. The molecule has 1 N–H and O–H groups in total. The highest BCUT2D eigenvalue weighted by atomic mass is 16.6. The Kier molecular flexibility index (Phi) is 6.28. The minimum atomic E-state index is -1.05. The summed E-state index contributed by atoms with van der Waals surface area (Å²) < 4.78 is 16.1. The molecule has 3 rings (SSSR count). The molecule has 0 spiro atoms. The number of hydrogen-bond acceptors (Lipinski definition) is 6. The van der Waals surface area contributed by atoms with E-state index in [1.165, 1.54) is 19.1 Å². The second-order valence-corrected chi connectivity index (χ2v) is 6.10. The molecule has 0 saturated heterocycles. The number of para-hydroxylation sites is 1. The first-order chi connectivity index (χ1) is 14.0. The summed E-state index contributed by atoms with van der Waals surface area (Å²) in [5.41, 5.74) is 0.851. The van der Waals surface area contributed by atoms with Crippen molar-refractivity contribution in [2.24, 2.45) is 0 Å². The van der Waals surface area contributed by atoms with Gasteiger partial charge in [0, 0.05) is 5.69 Å². The van der Waals surface area contributed by atoms with Crippen molar-refractivity contribution in [2.45, 2.75) is 19.6 Å². The van der Waals surface area contributed by atoms with Crippen molar-refractivity contribution in [3.63, 3.8) is 0 Å². The molecule has 1 heterocycles. The van der Waals surface area contributed by atoms with Gasteiger partial charge < -0.3 is 19.2 Å². The Morgan fingerprint density at radius 3 is 2.66 bits per heavy atom. The van der Waals surface area contributed by atoms with Gasteiger partial charge in [-0.3, -0.25) is 4.79 Å². The van der Waals surface area contributed by atoms with Crippen LogP contribution in [0.25, 0.3) is 0 Å². The van der Waals surface area contributed by atoms with E-state index >= 15 is 0 Å². The van der Waals surface area contributed by atoms with E-state index in [0.29, 0.717) is 22.8 Å². The number of hydrogen-bond donors (Lipinski definition) is 1. The summed E-state index contributed by atoms with van der Waals surface area (Å²) in [7, 11) is 0. The highest BCUT2D eigenvalue weighted by molar-refractivity contribution is 5.96. The molecule has 0 saturated carbocycles. The number of nitrogens with one attached hydrogen (secondary N) is 1. The number of furan rings is 1. The summed E-state index contributed by atoms with van der Waals surface area (Å²) in [5.74, 6) is -0.176. The van der Waals surface area contributed by atoms with E-state index < -0.39 is 18.0 Å². The molecule has 7 heteroatoms. The minimum Gasteiger partial charge on any atom is -0.486 e. The van der Waals surface area contributed by atoms with Crippen molar-refractivity contribution >= 4 is 17.6 Å². The molecule has 1 aromatic heterocycles. The quantitative estimate of drug-likeness (QED) is 0.614. The number of esters is 1. The van der Waals surface area contributed by atoms with Gasteiger partial charge in [-0.1, -0.05) is 24.3 Å². The van der Waals surface area contributed by atoms with Crippen LogP contribution in [0.1, 0.15) is 28.8 Å². The van der Waals surface area contributed by atoms with Crippen LogP contribution in [0, 0.1) is 11.3 Å². The number of anilines is 1. The normalized spacial score (nSPS) is 11.2. The Bertz CT molecular complexity index is 1040. The number of amides is 1. The molecule has 7 nitrogen and oxygen atoms in total. The first-order valence-corrected chi connectivity index (χ1v) is 8.84. The fraction of sp³-hybridized carbons (Fsp3) is 0.136. The molecule has 0 fully saturated rings. The summed E-state index contributed by atoms with van der Waals surface area (Å²) >= 11 is 0. The average molecular weight is 390 g/mol. The monoisotopic (exact) mass is 390 g/mol. The van der Waals surface area contributed by atoms with Crippen molar-refractivity contribution in [3.05, 3.63) is 83.8 Å². The molecule has 0 radical (unpaired) electrons. The Labute approximate surface area is 167 Å². The van der Waals surface area contributed by atoms with Gasteiger partial charge >= 0.3 is 5.97 Å². The lowest BCUT2D eigenvalue weighted by Gasteiger charge is -2.12. The molecule has 0 aliphatic carbocycles. The maximum Gasteiger partial charge on any atom is 0.375 e. The van der Waals surface area contributed by atoms with Crippen LogP contribution in [0.3, 0.4) is 0 Å².